The molecule has 1 aromatic heterocycles. The van der Waals surface area contributed by atoms with E-state index >= 15 is 0 Å². The number of benzene rings is 1. The Bertz CT molecular complexity index is 768. The maximum Gasteiger partial charge on any atom is 0.226 e. The minimum atomic E-state index is 0.254. The topological polar surface area (TPSA) is 47.4 Å². The Balaban J connectivity index is 1.59. The van der Waals surface area contributed by atoms with Crippen LogP contribution >= 0.6 is 0 Å². The number of fused-ring (bicyclic) bond motifs is 1. The van der Waals surface area contributed by atoms with Crippen LogP contribution in [0.1, 0.15) is 19.2 Å². The summed E-state index contributed by atoms with van der Waals surface area (Å²) in [6.45, 7) is 4.47. The molecule has 2 heterocycles. The first-order valence-corrected chi connectivity index (χ1v) is 8.65. The van der Waals surface area contributed by atoms with Crippen LogP contribution in [0.25, 0.3) is 11.3 Å². The van der Waals surface area contributed by atoms with Gasteiger partial charge in [-0.05, 0) is 24.5 Å². The molecular formula is C19H23N3O2. The highest BCUT2D eigenvalue weighted by atomic mass is 16.5. The highest BCUT2D eigenvalue weighted by Crippen LogP contribution is 2.39. The largest absolute Gasteiger partial charge is 0.496 e. The van der Waals surface area contributed by atoms with E-state index in [9.17, 15) is 4.79 Å². The summed E-state index contributed by atoms with van der Waals surface area (Å²) in [5, 5.41) is 0. The lowest BCUT2D eigenvalue weighted by Crippen LogP contribution is -2.35. The minimum Gasteiger partial charge on any atom is -0.496 e. The molecule has 1 aliphatic heterocycles. The van der Waals surface area contributed by atoms with Gasteiger partial charge in [-0.2, -0.15) is 0 Å². The summed E-state index contributed by atoms with van der Waals surface area (Å²) in [5.41, 5.74) is 2.12. The number of nitrogens with zero attached hydrogens (tertiary/aromatic N) is 3. The van der Waals surface area contributed by atoms with Gasteiger partial charge in [0, 0.05) is 37.5 Å². The Morgan fingerprint density at radius 1 is 1.25 bits per heavy atom. The van der Waals surface area contributed by atoms with Crippen LogP contribution in [0.4, 0.5) is 0 Å². The van der Waals surface area contributed by atoms with Gasteiger partial charge < -0.3 is 14.2 Å². The highest BCUT2D eigenvalue weighted by Gasteiger charge is 2.41. The van der Waals surface area contributed by atoms with Crippen LogP contribution < -0.4 is 4.74 Å². The molecule has 0 bridgehead atoms. The molecule has 0 N–H and O–H groups in total. The molecule has 2 unspecified atom stereocenters. The van der Waals surface area contributed by atoms with Crippen molar-refractivity contribution >= 4 is 5.91 Å². The summed E-state index contributed by atoms with van der Waals surface area (Å²) in [6, 6.07) is 8.01. The molecule has 5 nitrogen and oxygen atoms in total. The van der Waals surface area contributed by atoms with Crippen molar-refractivity contribution < 1.29 is 9.53 Å². The third-order valence-corrected chi connectivity index (χ3v) is 5.26. The Morgan fingerprint density at radius 3 is 2.79 bits per heavy atom. The Labute approximate surface area is 142 Å². The second kappa shape index (κ2) is 5.96. The average Bonchev–Trinajstić information content (AvgIpc) is 3.27. The van der Waals surface area contributed by atoms with Crippen LogP contribution in [0.5, 0.6) is 5.75 Å². The van der Waals surface area contributed by atoms with Gasteiger partial charge in [0.15, 0.2) is 0 Å². The van der Waals surface area contributed by atoms with E-state index in [1.807, 2.05) is 29.3 Å². The molecule has 2 atom stereocenters. The predicted octanol–water partition coefficient (Wildman–Crippen LogP) is 2.60. The molecule has 1 amide bonds. The SMILES string of the molecule is COc1ccccc1-c1cnc2n1CCN(C(=O)C1CC1C)CC2. The quantitative estimate of drug-likeness (QED) is 0.871. The maximum absolute atomic E-state index is 12.5. The number of imidazole rings is 1. The lowest BCUT2D eigenvalue weighted by atomic mass is 10.1. The van der Waals surface area contributed by atoms with E-state index in [1.54, 1.807) is 7.11 Å². The van der Waals surface area contributed by atoms with Gasteiger partial charge in [0.05, 0.1) is 19.0 Å². The predicted molar refractivity (Wildman–Crippen MR) is 91.8 cm³/mol. The molecule has 24 heavy (non-hydrogen) atoms. The summed E-state index contributed by atoms with van der Waals surface area (Å²) >= 11 is 0. The summed E-state index contributed by atoms with van der Waals surface area (Å²) in [6.07, 6.45) is 3.78. The number of methoxy groups -OCH3 is 1. The van der Waals surface area contributed by atoms with Crippen molar-refractivity contribution in [2.45, 2.75) is 26.3 Å². The molecule has 5 heteroatoms. The van der Waals surface area contributed by atoms with Gasteiger partial charge in [0.25, 0.3) is 0 Å². The van der Waals surface area contributed by atoms with Crippen molar-refractivity contribution in [1.82, 2.24) is 14.5 Å². The van der Waals surface area contributed by atoms with Gasteiger partial charge >= 0.3 is 0 Å². The van der Waals surface area contributed by atoms with Crippen LogP contribution in [0.3, 0.4) is 0 Å². The van der Waals surface area contributed by atoms with Gasteiger partial charge in [0.2, 0.25) is 5.91 Å². The molecule has 0 saturated heterocycles. The van der Waals surface area contributed by atoms with Crippen molar-refractivity contribution in [3.8, 4) is 17.0 Å². The van der Waals surface area contributed by atoms with Crippen molar-refractivity contribution in [3.05, 3.63) is 36.3 Å². The second-order valence-corrected chi connectivity index (χ2v) is 6.81. The van der Waals surface area contributed by atoms with Crippen molar-refractivity contribution in [1.29, 1.82) is 0 Å². The summed E-state index contributed by atoms with van der Waals surface area (Å²) in [4.78, 5) is 19.2. The zero-order valence-corrected chi connectivity index (χ0v) is 14.2. The van der Waals surface area contributed by atoms with Crippen LogP contribution in [0.15, 0.2) is 30.5 Å². The fraction of sp³-hybridized carbons (Fsp3) is 0.474. The number of carbonyl (C=O) groups is 1. The van der Waals surface area contributed by atoms with E-state index in [1.165, 1.54) is 0 Å². The third kappa shape index (κ3) is 2.58. The van der Waals surface area contributed by atoms with Gasteiger partial charge in [-0.3, -0.25) is 4.79 Å². The van der Waals surface area contributed by atoms with Crippen molar-refractivity contribution in [2.75, 3.05) is 20.2 Å². The van der Waals surface area contributed by atoms with Crippen LogP contribution in [0, 0.1) is 11.8 Å². The molecule has 4 rings (SSSR count). The molecule has 2 aromatic rings. The number of carbonyl (C=O) groups excluding carboxylic acids is 1. The van der Waals surface area contributed by atoms with Crippen LogP contribution in [0.2, 0.25) is 0 Å². The lowest BCUT2D eigenvalue weighted by molar-refractivity contribution is -0.132. The van der Waals surface area contributed by atoms with Gasteiger partial charge in [-0.1, -0.05) is 19.1 Å². The molecule has 0 spiro atoms. The smallest absolute Gasteiger partial charge is 0.226 e. The molecule has 126 valence electrons. The van der Waals surface area contributed by atoms with Gasteiger partial charge in [0.1, 0.15) is 11.6 Å². The molecule has 1 fully saturated rings. The first-order valence-electron chi connectivity index (χ1n) is 8.65. The van der Waals surface area contributed by atoms with Gasteiger partial charge in [-0.15, -0.1) is 0 Å². The first-order chi connectivity index (χ1) is 11.7. The normalized spacial score (nSPS) is 22.7. The number of para-hydroxylation sites is 1. The van der Waals surface area contributed by atoms with E-state index < -0.39 is 0 Å². The second-order valence-electron chi connectivity index (χ2n) is 6.81. The molecular weight excluding hydrogens is 302 g/mol. The maximum atomic E-state index is 12.5. The standard InChI is InChI=1S/C19H23N3O2/c1-13-11-15(13)19(23)21-8-7-18-20-12-16(22(18)10-9-21)14-5-3-4-6-17(14)24-2/h3-6,12-13,15H,7-11H2,1-2H3. The van der Waals surface area contributed by atoms with Crippen molar-refractivity contribution in [2.24, 2.45) is 11.8 Å². The number of hydrogen-bond donors (Lipinski definition) is 0. The number of hydrogen-bond acceptors (Lipinski definition) is 3. The van der Waals surface area contributed by atoms with E-state index in [-0.39, 0.29) is 5.92 Å². The Kier molecular flexibility index (Phi) is 3.79. The fourth-order valence-electron chi connectivity index (χ4n) is 3.62. The van der Waals surface area contributed by atoms with E-state index in [0.717, 1.165) is 55.3 Å². The van der Waals surface area contributed by atoms with Crippen molar-refractivity contribution in [3.63, 3.8) is 0 Å². The highest BCUT2D eigenvalue weighted by molar-refractivity contribution is 5.81. The minimum absolute atomic E-state index is 0.254. The number of aromatic nitrogens is 2. The Hall–Kier alpha value is -2.30. The zero-order chi connectivity index (χ0) is 16.7. The molecule has 1 aliphatic carbocycles. The van der Waals surface area contributed by atoms with E-state index in [4.69, 9.17) is 4.74 Å². The monoisotopic (exact) mass is 325 g/mol. The number of amides is 1. The van der Waals surface area contributed by atoms with E-state index in [0.29, 0.717) is 11.8 Å². The molecule has 1 saturated carbocycles. The first kappa shape index (κ1) is 15.2. The molecule has 2 aliphatic rings. The van der Waals surface area contributed by atoms with Crippen LogP contribution in [-0.2, 0) is 17.8 Å². The van der Waals surface area contributed by atoms with Gasteiger partial charge in [-0.25, -0.2) is 4.98 Å². The third-order valence-electron chi connectivity index (χ3n) is 5.26. The number of rotatable bonds is 3. The molecule has 0 radical (unpaired) electrons. The average molecular weight is 325 g/mol. The summed E-state index contributed by atoms with van der Waals surface area (Å²) in [5.74, 6) is 3.04. The molecule has 1 aromatic carbocycles. The number of ether oxygens (including phenoxy) is 1. The Morgan fingerprint density at radius 2 is 2.04 bits per heavy atom. The van der Waals surface area contributed by atoms with E-state index in [2.05, 4.69) is 22.5 Å². The zero-order valence-electron chi connectivity index (χ0n) is 14.2. The fourth-order valence-corrected chi connectivity index (χ4v) is 3.62. The van der Waals surface area contributed by atoms with Crippen LogP contribution in [-0.4, -0.2) is 40.6 Å². The lowest BCUT2D eigenvalue weighted by Gasteiger charge is -2.20. The summed E-state index contributed by atoms with van der Waals surface area (Å²) in [7, 11) is 1.69. The summed E-state index contributed by atoms with van der Waals surface area (Å²) < 4.78 is 7.73.